The van der Waals surface area contributed by atoms with Gasteiger partial charge in [0.2, 0.25) is 0 Å². The van der Waals surface area contributed by atoms with E-state index in [1.807, 2.05) is 29.8 Å². The van der Waals surface area contributed by atoms with E-state index in [-0.39, 0.29) is 11.6 Å². The van der Waals surface area contributed by atoms with Gasteiger partial charge in [-0.15, -0.1) is 0 Å². The van der Waals surface area contributed by atoms with Gasteiger partial charge in [-0.25, -0.2) is 19.3 Å². The summed E-state index contributed by atoms with van der Waals surface area (Å²) in [7, 11) is 1.85. The molecule has 0 unspecified atom stereocenters. The van der Waals surface area contributed by atoms with Crippen molar-refractivity contribution in [3.63, 3.8) is 0 Å². The molecule has 31 heavy (non-hydrogen) atoms. The molecule has 0 saturated carbocycles. The van der Waals surface area contributed by atoms with Crippen molar-refractivity contribution in [3.8, 4) is 0 Å². The van der Waals surface area contributed by atoms with Crippen molar-refractivity contribution in [2.24, 2.45) is 7.05 Å². The molecule has 0 spiro atoms. The molecule has 1 amide bonds. The van der Waals surface area contributed by atoms with Crippen molar-refractivity contribution in [3.05, 3.63) is 83.3 Å². The lowest BCUT2D eigenvalue weighted by molar-refractivity contribution is 0.0950. The summed E-state index contributed by atoms with van der Waals surface area (Å²) in [4.78, 5) is 25.9. The first-order valence-electron chi connectivity index (χ1n) is 9.48. The highest BCUT2D eigenvalue weighted by molar-refractivity contribution is 7.15. The van der Waals surface area contributed by atoms with Gasteiger partial charge in [0.15, 0.2) is 5.13 Å². The molecule has 0 aliphatic carbocycles. The van der Waals surface area contributed by atoms with Crippen LogP contribution in [0, 0.1) is 5.82 Å². The number of carbonyl (C=O) groups excluding carboxylic acids is 1. The van der Waals surface area contributed by atoms with Crippen LogP contribution >= 0.6 is 11.3 Å². The molecule has 1 aromatic carbocycles. The van der Waals surface area contributed by atoms with Gasteiger partial charge in [-0.2, -0.15) is 0 Å². The third kappa shape index (κ3) is 5.23. The Morgan fingerprint density at radius 3 is 2.84 bits per heavy atom. The van der Waals surface area contributed by atoms with E-state index in [1.54, 1.807) is 24.9 Å². The summed E-state index contributed by atoms with van der Waals surface area (Å²) < 4.78 is 16.1. The summed E-state index contributed by atoms with van der Waals surface area (Å²) in [6.45, 7) is 0.709. The van der Waals surface area contributed by atoms with E-state index in [2.05, 4.69) is 30.9 Å². The van der Waals surface area contributed by atoms with Gasteiger partial charge < -0.3 is 20.5 Å². The van der Waals surface area contributed by atoms with Crippen LogP contribution in [-0.4, -0.2) is 25.4 Å². The lowest BCUT2D eigenvalue weighted by Gasteiger charge is -2.10. The van der Waals surface area contributed by atoms with Gasteiger partial charge in [-0.05, 0) is 30.3 Å². The molecule has 158 valence electrons. The largest absolute Gasteiger partial charge is 0.378 e. The third-order valence-corrected chi connectivity index (χ3v) is 5.39. The normalized spacial score (nSPS) is 10.6. The molecule has 8 nitrogen and oxygen atoms in total. The average Bonchev–Trinajstić information content (AvgIpc) is 3.40. The maximum atomic E-state index is 14.3. The van der Waals surface area contributed by atoms with E-state index in [0.29, 0.717) is 29.6 Å². The number of carbonyl (C=O) groups is 1. The Hall–Kier alpha value is -3.79. The Kier molecular flexibility index (Phi) is 6.18. The Bertz CT molecular complexity index is 1180. The number of imidazole rings is 1. The molecule has 3 N–H and O–H groups in total. The van der Waals surface area contributed by atoms with Crippen LogP contribution in [0.5, 0.6) is 0 Å². The second-order valence-electron chi connectivity index (χ2n) is 6.70. The van der Waals surface area contributed by atoms with Gasteiger partial charge in [0.25, 0.3) is 5.91 Å². The zero-order valence-electron chi connectivity index (χ0n) is 16.7. The van der Waals surface area contributed by atoms with E-state index >= 15 is 0 Å². The van der Waals surface area contributed by atoms with Crippen LogP contribution in [0.15, 0.2) is 61.3 Å². The standard InChI is InChI=1S/C21H20FN7OS/c1-29-13-23-9-15(29)10-26-20(30)14-5-6-17(22)18(8-14)25-11-16-12-27-21(31-16)28-19-4-2-3-7-24-19/h2-9,12-13,25H,10-11H2,1H3,(H,26,30)(H,24,27,28). The molecule has 0 fully saturated rings. The number of aryl methyl sites for hydroxylation is 1. The topological polar surface area (TPSA) is 96.8 Å². The first kappa shape index (κ1) is 20.5. The second-order valence-corrected chi connectivity index (χ2v) is 7.81. The van der Waals surface area contributed by atoms with E-state index in [9.17, 15) is 9.18 Å². The maximum Gasteiger partial charge on any atom is 0.251 e. The summed E-state index contributed by atoms with van der Waals surface area (Å²) in [5.74, 6) is -0.0179. The number of hydrogen-bond acceptors (Lipinski definition) is 7. The van der Waals surface area contributed by atoms with Crippen LogP contribution in [-0.2, 0) is 20.1 Å². The fourth-order valence-corrected chi connectivity index (χ4v) is 3.56. The number of nitrogens with zero attached hydrogens (tertiary/aromatic N) is 4. The zero-order chi connectivity index (χ0) is 21.6. The second kappa shape index (κ2) is 9.35. The molecular formula is C21H20FN7OS. The Labute approximate surface area is 182 Å². The number of hydrogen-bond donors (Lipinski definition) is 3. The Balaban J connectivity index is 1.36. The lowest BCUT2D eigenvalue weighted by Crippen LogP contribution is -2.24. The minimum absolute atomic E-state index is 0.251. The van der Waals surface area contributed by atoms with Crippen LogP contribution in [0.2, 0.25) is 0 Å². The first-order valence-corrected chi connectivity index (χ1v) is 10.3. The highest BCUT2D eigenvalue weighted by atomic mass is 32.1. The van der Waals surface area contributed by atoms with Crippen LogP contribution in [0.3, 0.4) is 0 Å². The molecule has 0 radical (unpaired) electrons. The van der Waals surface area contributed by atoms with Crippen LogP contribution in [0.1, 0.15) is 20.9 Å². The number of nitrogens with one attached hydrogen (secondary N) is 3. The van der Waals surface area contributed by atoms with Crippen molar-refractivity contribution in [1.29, 1.82) is 0 Å². The van der Waals surface area contributed by atoms with Crippen LogP contribution in [0.25, 0.3) is 0 Å². The Morgan fingerprint density at radius 2 is 2.06 bits per heavy atom. The van der Waals surface area contributed by atoms with E-state index < -0.39 is 5.82 Å². The van der Waals surface area contributed by atoms with Gasteiger partial charge in [0.05, 0.1) is 30.8 Å². The van der Waals surface area contributed by atoms with E-state index in [4.69, 9.17) is 0 Å². The summed E-state index contributed by atoms with van der Waals surface area (Å²) in [6.07, 6.45) is 6.76. The number of aromatic nitrogens is 4. The first-order chi connectivity index (χ1) is 15.1. The Morgan fingerprint density at radius 1 is 1.16 bits per heavy atom. The summed E-state index contributed by atoms with van der Waals surface area (Å²) in [6, 6.07) is 9.81. The molecule has 10 heteroatoms. The van der Waals surface area contributed by atoms with Crippen LogP contribution in [0.4, 0.5) is 21.0 Å². The van der Waals surface area contributed by atoms with E-state index in [0.717, 1.165) is 10.6 Å². The monoisotopic (exact) mass is 437 g/mol. The molecule has 0 aliphatic heterocycles. The van der Waals surface area contributed by atoms with Gasteiger partial charge in [-0.3, -0.25) is 4.79 Å². The number of amides is 1. The fourth-order valence-electron chi connectivity index (χ4n) is 2.81. The third-order valence-electron chi connectivity index (χ3n) is 4.48. The van der Waals surface area contributed by atoms with Crippen molar-refractivity contribution in [2.45, 2.75) is 13.1 Å². The molecule has 0 aliphatic rings. The van der Waals surface area contributed by atoms with Crippen molar-refractivity contribution in [1.82, 2.24) is 24.8 Å². The quantitative estimate of drug-likeness (QED) is 0.389. The molecule has 0 bridgehead atoms. The lowest BCUT2D eigenvalue weighted by atomic mass is 10.1. The zero-order valence-corrected chi connectivity index (χ0v) is 17.5. The number of pyridine rings is 1. The number of anilines is 3. The SMILES string of the molecule is Cn1cncc1CNC(=O)c1ccc(F)c(NCc2cnc(Nc3ccccn3)s2)c1. The number of rotatable bonds is 8. The summed E-state index contributed by atoms with van der Waals surface area (Å²) >= 11 is 1.44. The smallest absolute Gasteiger partial charge is 0.251 e. The van der Waals surface area contributed by atoms with Crippen molar-refractivity contribution >= 4 is 33.9 Å². The molecule has 0 saturated heterocycles. The van der Waals surface area contributed by atoms with Crippen molar-refractivity contribution < 1.29 is 9.18 Å². The van der Waals surface area contributed by atoms with Gasteiger partial charge >= 0.3 is 0 Å². The number of thiazole rings is 1. The predicted molar refractivity (Wildman–Crippen MR) is 118 cm³/mol. The number of benzene rings is 1. The van der Waals surface area contributed by atoms with Gasteiger partial charge in [0, 0.05) is 36.1 Å². The molecule has 4 aromatic rings. The molecule has 3 aromatic heterocycles. The molecule has 3 heterocycles. The van der Waals surface area contributed by atoms with Gasteiger partial charge in [0.1, 0.15) is 11.6 Å². The summed E-state index contributed by atoms with van der Waals surface area (Å²) in [5, 5.41) is 9.67. The average molecular weight is 438 g/mol. The fraction of sp³-hybridized carbons (Fsp3) is 0.143. The van der Waals surface area contributed by atoms with Gasteiger partial charge in [-0.1, -0.05) is 17.4 Å². The minimum Gasteiger partial charge on any atom is -0.378 e. The van der Waals surface area contributed by atoms with Crippen LogP contribution < -0.4 is 16.0 Å². The minimum atomic E-state index is -0.431. The maximum absolute atomic E-state index is 14.3. The molecule has 4 rings (SSSR count). The highest BCUT2D eigenvalue weighted by Crippen LogP contribution is 2.23. The highest BCUT2D eigenvalue weighted by Gasteiger charge is 2.11. The molecule has 0 atom stereocenters. The number of halogens is 1. The van der Waals surface area contributed by atoms with Crippen molar-refractivity contribution in [2.75, 3.05) is 10.6 Å². The summed E-state index contributed by atoms with van der Waals surface area (Å²) in [5.41, 5.74) is 1.49. The molecular weight excluding hydrogens is 417 g/mol. The predicted octanol–water partition coefficient (Wildman–Crippen LogP) is 3.70. The van der Waals surface area contributed by atoms with E-state index in [1.165, 1.54) is 29.5 Å².